The molecule has 0 radical (unpaired) electrons. The minimum atomic E-state index is -4.10. The molecule has 0 heterocycles. The Bertz CT molecular complexity index is 1300. The van der Waals surface area contributed by atoms with Gasteiger partial charge in [0.2, 0.25) is 11.8 Å². The molecule has 2 amide bonds. The zero-order chi connectivity index (χ0) is 27.0. The van der Waals surface area contributed by atoms with Crippen molar-refractivity contribution in [3.05, 3.63) is 95.8 Å². The van der Waals surface area contributed by atoms with Gasteiger partial charge < -0.3 is 10.2 Å². The Morgan fingerprint density at radius 1 is 0.892 bits per heavy atom. The first-order valence-corrected chi connectivity index (χ1v) is 13.6. The maximum atomic E-state index is 13.7. The molecule has 7 nitrogen and oxygen atoms in total. The summed E-state index contributed by atoms with van der Waals surface area (Å²) in [7, 11) is -4.10. The van der Waals surface area contributed by atoms with Crippen molar-refractivity contribution in [1.29, 1.82) is 0 Å². The van der Waals surface area contributed by atoms with Crippen LogP contribution in [0.1, 0.15) is 31.9 Å². The van der Waals surface area contributed by atoms with Gasteiger partial charge in [-0.05, 0) is 67.8 Å². The Labute approximate surface area is 218 Å². The monoisotopic (exact) mass is 525 g/mol. The van der Waals surface area contributed by atoms with Crippen molar-refractivity contribution >= 4 is 27.5 Å². The first-order chi connectivity index (χ1) is 17.7. The van der Waals surface area contributed by atoms with Crippen LogP contribution in [0.5, 0.6) is 0 Å². The number of nitrogens with one attached hydrogen (secondary N) is 1. The van der Waals surface area contributed by atoms with Crippen molar-refractivity contribution < 1.29 is 22.4 Å². The Morgan fingerprint density at radius 2 is 1.49 bits per heavy atom. The van der Waals surface area contributed by atoms with E-state index in [1.165, 1.54) is 41.3 Å². The number of likely N-dealkylation sites (N-methyl/N-ethyl adjacent to an activating group) is 1. The number of aryl methyl sites for hydroxylation is 1. The molecular formula is C28H32FN3O4S. The number of anilines is 1. The Morgan fingerprint density at radius 3 is 2.05 bits per heavy atom. The highest BCUT2D eigenvalue weighted by Crippen LogP contribution is 2.25. The number of carbonyl (C=O) groups excluding carboxylic acids is 2. The van der Waals surface area contributed by atoms with E-state index in [2.05, 4.69) is 5.32 Å². The molecule has 0 spiro atoms. The van der Waals surface area contributed by atoms with Gasteiger partial charge in [-0.2, -0.15) is 0 Å². The fraction of sp³-hybridized carbons (Fsp3) is 0.286. The first-order valence-electron chi connectivity index (χ1n) is 12.2. The van der Waals surface area contributed by atoms with Gasteiger partial charge in [0.05, 0.1) is 10.6 Å². The van der Waals surface area contributed by atoms with Crippen LogP contribution in [-0.2, 0) is 32.6 Å². The van der Waals surface area contributed by atoms with Gasteiger partial charge in [0.25, 0.3) is 10.0 Å². The van der Waals surface area contributed by atoms with Gasteiger partial charge in [-0.1, -0.05) is 49.4 Å². The molecule has 1 N–H and O–H groups in total. The van der Waals surface area contributed by atoms with Gasteiger partial charge in [0.1, 0.15) is 18.4 Å². The van der Waals surface area contributed by atoms with Gasteiger partial charge in [0, 0.05) is 13.1 Å². The van der Waals surface area contributed by atoms with Crippen molar-refractivity contribution in [2.45, 2.75) is 44.7 Å². The standard InChI is InChI=1S/C28H32FN3O4S/c1-4-22-13-17-25(18-14-22)32(37(35,36)26-9-7-6-8-10-26)20-27(33)31(21(3)28(34)30-5-2)19-23-11-15-24(29)16-12-23/h6-18,21H,4-5,19-20H2,1-3H3,(H,30,34). The smallest absolute Gasteiger partial charge is 0.264 e. The van der Waals surface area contributed by atoms with E-state index in [1.807, 2.05) is 19.1 Å². The molecule has 0 fully saturated rings. The zero-order valence-corrected chi connectivity index (χ0v) is 22.0. The number of halogens is 1. The fourth-order valence-corrected chi connectivity index (χ4v) is 5.27. The van der Waals surface area contributed by atoms with Gasteiger partial charge >= 0.3 is 0 Å². The highest BCUT2D eigenvalue weighted by atomic mass is 32.2. The summed E-state index contributed by atoms with van der Waals surface area (Å²) in [5, 5.41) is 2.70. The third kappa shape index (κ3) is 6.95. The van der Waals surface area contributed by atoms with Crippen LogP contribution in [0.4, 0.5) is 10.1 Å². The van der Waals surface area contributed by atoms with E-state index in [9.17, 15) is 22.4 Å². The average molecular weight is 526 g/mol. The second-order valence-electron chi connectivity index (χ2n) is 8.56. The molecule has 196 valence electrons. The van der Waals surface area contributed by atoms with Gasteiger partial charge in [-0.15, -0.1) is 0 Å². The minimum Gasteiger partial charge on any atom is -0.355 e. The van der Waals surface area contributed by atoms with Crippen LogP contribution in [0, 0.1) is 5.82 Å². The summed E-state index contributed by atoms with van der Waals surface area (Å²) in [4.78, 5) is 27.8. The predicted molar refractivity (Wildman–Crippen MR) is 142 cm³/mol. The number of hydrogen-bond donors (Lipinski definition) is 1. The highest BCUT2D eigenvalue weighted by Gasteiger charge is 2.32. The fourth-order valence-electron chi connectivity index (χ4n) is 3.84. The molecule has 9 heteroatoms. The molecule has 3 aromatic rings. The van der Waals surface area contributed by atoms with Crippen LogP contribution in [0.2, 0.25) is 0 Å². The zero-order valence-electron chi connectivity index (χ0n) is 21.2. The van der Waals surface area contributed by atoms with Crippen LogP contribution in [0.15, 0.2) is 83.8 Å². The van der Waals surface area contributed by atoms with E-state index in [1.54, 1.807) is 44.2 Å². The Balaban J connectivity index is 2.01. The number of rotatable bonds is 11. The van der Waals surface area contributed by atoms with Crippen LogP contribution in [0.25, 0.3) is 0 Å². The van der Waals surface area contributed by atoms with E-state index in [-0.39, 0.29) is 17.3 Å². The molecule has 0 aliphatic rings. The maximum Gasteiger partial charge on any atom is 0.264 e. The van der Waals surface area contributed by atoms with Crippen molar-refractivity contribution in [3.8, 4) is 0 Å². The number of hydrogen-bond acceptors (Lipinski definition) is 4. The van der Waals surface area contributed by atoms with E-state index in [4.69, 9.17) is 0 Å². The summed E-state index contributed by atoms with van der Waals surface area (Å²) in [6.07, 6.45) is 0.778. The predicted octanol–water partition coefficient (Wildman–Crippen LogP) is 4.14. The summed E-state index contributed by atoms with van der Waals surface area (Å²) < 4.78 is 41.9. The first kappa shape index (κ1) is 27.9. The molecule has 1 unspecified atom stereocenters. The molecule has 37 heavy (non-hydrogen) atoms. The molecule has 0 aromatic heterocycles. The van der Waals surface area contributed by atoms with E-state index in [0.717, 1.165) is 16.3 Å². The van der Waals surface area contributed by atoms with Crippen LogP contribution < -0.4 is 9.62 Å². The normalized spacial score (nSPS) is 12.0. The quantitative estimate of drug-likeness (QED) is 0.408. The lowest BCUT2D eigenvalue weighted by atomic mass is 10.1. The van der Waals surface area contributed by atoms with Crippen molar-refractivity contribution in [2.75, 3.05) is 17.4 Å². The second kappa shape index (κ2) is 12.5. The van der Waals surface area contributed by atoms with Gasteiger partial charge in [0.15, 0.2) is 0 Å². The highest BCUT2D eigenvalue weighted by molar-refractivity contribution is 7.92. The van der Waals surface area contributed by atoms with E-state index >= 15 is 0 Å². The lowest BCUT2D eigenvalue weighted by Crippen LogP contribution is -2.51. The van der Waals surface area contributed by atoms with Gasteiger partial charge in [-0.3, -0.25) is 13.9 Å². The Kier molecular flexibility index (Phi) is 9.41. The van der Waals surface area contributed by atoms with Crippen LogP contribution in [0.3, 0.4) is 0 Å². The molecule has 0 saturated carbocycles. The summed E-state index contributed by atoms with van der Waals surface area (Å²) in [6, 6.07) is 19.6. The molecule has 3 rings (SSSR count). The maximum absolute atomic E-state index is 13.7. The average Bonchev–Trinajstić information content (AvgIpc) is 2.91. The SMILES string of the molecule is CCNC(=O)C(C)N(Cc1ccc(F)cc1)C(=O)CN(c1ccc(CC)cc1)S(=O)(=O)c1ccccc1. The summed E-state index contributed by atoms with van der Waals surface area (Å²) >= 11 is 0. The molecule has 0 saturated heterocycles. The summed E-state index contributed by atoms with van der Waals surface area (Å²) in [6.45, 7) is 5.20. The molecule has 0 aliphatic heterocycles. The van der Waals surface area contributed by atoms with Crippen molar-refractivity contribution in [3.63, 3.8) is 0 Å². The third-order valence-corrected chi connectivity index (χ3v) is 7.82. The summed E-state index contributed by atoms with van der Waals surface area (Å²) in [5.74, 6) is -1.36. The van der Waals surface area contributed by atoms with E-state index in [0.29, 0.717) is 17.8 Å². The number of benzene rings is 3. The Hall–Kier alpha value is -3.72. The van der Waals surface area contributed by atoms with Crippen LogP contribution in [-0.4, -0.2) is 44.3 Å². The number of amides is 2. The number of sulfonamides is 1. The molecule has 1 atom stereocenters. The van der Waals surface area contributed by atoms with E-state index < -0.39 is 34.3 Å². The molecule has 0 bridgehead atoms. The third-order valence-electron chi connectivity index (χ3n) is 6.03. The molecular weight excluding hydrogens is 493 g/mol. The number of nitrogens with zero attached hydrogens (tertiary/aromatic N) is 2. The summed E-state index contributed by atoms with van der Waals surface area (Å²) in [5.41, 5.74) is 1.97. The topological polar surface area (TPSA) is 86.8 Å². The van der Waals surface area contributed by atoms with Crippen molar-refractivity contribution in [2.24, 2.45) is 0 Å². The largest absolute Gasteiger partial charge is 0.355 e. The van der Waals surface area contributed by atoms with Crippen LogP contribution >= 0.6 is 0 Å². The minimum absolute atomic E-state index is 0.00537. The lowest BCUT2D eigenvalue weighted by Gasteiger charge is -2.32. The van der Waals surface area contributed by atoms with Crippen molar-refractivity contribution in [1.82, 2.24) is 10.2 Å². The second-order valence-corrected chi connectivity index (χ2v) is 10.4. The number of carbonyl (C=O) groups is 2. The lowest BCUT2D eigenvalue weighted by molar-refractivity contribution is -0.139. The van der Waals surface area contributed by atoms with Gasteiger partial charge in [-0.25, -0.2) is 12.8 Å². The molecule has 3 aromatic carbocycles. The molecule has 0 aliphatic carbocycles.